The van der Waals surface area contributed by atoms with Gasteiger partial charge in [-0.05, 0) is 12.1 Å². The summed E-state index contributed by atoms with van der Waals surface area (Å²) in [5, 5.41) is 8.53. The second-order valence-corrected chi connectivity index (χ2v) is 4.02. The van der Waals surface area contributed by atoms with E-state index in [2.05, 4.69) is 15.4 Å². The van der Waals surface area contributed by atoms with Crippen LogP contribution in [-0.4, -0.2) is 29.0 Å². The summed E-state index contributed by atoms with van der Waals surface area (Å²) < 4.78 is 7.30. The van der Waals surface area contributed by atoms with Crippen molar-refractivity contribution in [2.75, 3.05) is 18.5 Å². The van der Waals surface area contributed by atoms with Crippen molar-refractivity contribution >= 4 is 22.6 Å². The first-order valence-electron chi connectivity index (χ1n) is 5.69. The van der Waals surface area contributed by atoms with Crippen molar-refractivity contribution in [1.29, 1.82) is 0 Å². The number of benzene rings is 1. The third-order valence-corrected chi connectivity index (χ3v) is 2.83. The Morgan fingerprint density at radius 3 is 3.18 bits per heavy atom. The van der Waals surface area contributed by atoms with Gasteiger partial charge in [0.1, 0.15) is 0 Å². The molecule has 5 nitrogen and oxygen atoms in total. The van der Waals surface area contributed by atoms with Crippen molar-refractivity contribution in [3.8, 4) is 0 Å². The van der Waals surface area contributed by atoms with E-state index in [1.54, 1.807) is 0 Å². The number of nitrogens with one attached hydrogen (secondary N) is 1. The minimum absolute atomic E-state index is 0.604. The molecule has 1 aliphatic rings. The molecule has 0 atom stereocenters. The largest absolute Gasteiger partial charge is 0.465 e. The summed E-state index contributed by atoms with van der Waals surface area (Å²) in [5.41, 5.74) is 2.07. The molecular formula is C12H14N4O. The minimum Gasteiger partial charge on any atom is -0.465 e. The van der Waals surface area contributed by atoms with Crippen LogP contribution in [0.3, 0.4) is 0 Å². The molecule has 0 aliphatic carbocycles. The highest BCUT2D eigenvalue weighted by atomic mass is 16.5. The highest BCUT2D eigenvalue weighted by Gasteiger charge is 2.09. The molecule has 1 aromatic carbocycles. The number of aromatic nitrogens is 2. The summed E-state index contributed by atoms with van der Waals surface area (Å²) >= 11 is 0. The molecule has 0 amide bonds. The van der Waals surface area contributed by atoms with Crippen LogP contribution in [0.5, 0.6) is 0 Å². The maximum Gasteiger partial charge on any atom is 0.289 e. The lowest BCUT2D eigenvalue weighted by Crippen LogP contribution is -2.21. The molecule has 5 heteroatoms. The van der Waals surface area contributed by atoms with Gasteiger partial charge in [0.05, 0.1) is 24.0 Å². The lowest BCUT2D eigenvalue weighted by Gasteiger charge is -2.15. The Kier molecular flexibility index (Phi) is 2.44. The molecule has 0 saturated heterocycles. The van der Waals surface area contributed by atoms with Crippen LogP contribution in [0.1, 0.15) is 6.42 Å². The number of anilines is 1. The number of rotatable bonds is 1. The van der Waals surface area contributed by atoms with Crippen LogP contribution in [0, 0.1) is 0 Å². The van der Waals surface area contributed by atoms with Crippen LogP contribution in [0.2, 0.25) is 0 Å². The fraction of sp³-hybridized carbons (Fsp3) is 0.333. The normalized spacial score (nSPS) is 15.5. The molecule has 0 saturated carbocycles. The highest BCUT2D eigenvalue weighted by Crippen LogP contribution is 2.22. The summed E-state index contributed by atoms with van der Waals surface area (Å²) in [6.45, 7) is 1.56. The zero-order valence-electron chi connectivity index (χ0n) is 9.68. The lowest BCUT2D eigenvalue weighted by atomic mass is 10.2. The van der Waals surface area contributed by atoms with Gasteiger partial charge in [-0.3, -0.25) is 4.68 Å². The van der Waals surface area contributed by atoms with Crippen molar-refractivity contribution in [2.24, 2.45) is 12.0 Å². The van der Waals surface area contributed by atoms with Gasteiger partial charge in [-0.2, -0.15) is 5.10 Å². The third-order valence-electron chi connectivity index (χ3n) is 2.83. The number of amidine groups is 1. The van der Waals surface area contributed by atoms with Gasteiger partial charge >= 0.3 is 0 Å². The summed E-state index contributed by atoms with van der Waals surface area (Å²) in [5.74, 6) is 0. The number of fused-ring (bicyclic) bond motifs is 1. The molecule has 17 heavy (non-hydrogen) atoms. The molecule has 3 rings (SSSR count). The Bertz CT molecular complexity index is 573. The Hall–Kier alpha value is -2.04. The van der Waals surface area contributed by atoms with Crippen LogP contribution in [0.15, 0.2) is 29.4 Å². The van der Waals surface area contributed by atoms with Gasteiger partial charge in [0.25, 0.3) is 6.02 Å². The summed E-state index contributed by atoms with van der Waals surface area (Å²) in [6.07, 6.45) is 2.84. The molecular weight excluding hydrogens is 216 g/mol. The number of hydrogen-bond donors (Lipinski definition) is 1. The van der Waals surface area contributed by atoms with Crippen molar-refractivity contribution in [3.05, 3.63) is 24.4 Å². The Balaban J connectivity index is 1.97. The zero-order chi connectivity index (χ0) is 11.7. The predicted octanol–water partition coefficient (Wildman–Crippen LogP) is 1.76. The Morgan fingerprint density at radius 1 is 1.41 bits per heavy atom. The fourth-order valence-electron chi connectivity index (χ4n) is 1.94. The number of aryl methyl sites for hydroxylation is 1. The highest BCUT2D eigenvalue weighted by molar-refractivity contribution is 6.00. The second-order valence-electron chi connectivity index (χ2n) is 4.02. The average Bonchev–Trinajstić information content (AvgIpc) is 2.74. The van der Waals surface area contributed by atoms with E-state index in [1.165, 1.54) is 0 Å². The topological polar surface area (TPSA) is 51.4 Å². The molecule has 1 aliphatic heterocycles. The van der Waals surface area contributed by atoms with Crippen LogP contribution < -0.4 is 5.32 Å². The van der Waals surface area contributed by atoms with E-state index in [-0.39, 0.29) is 0 Å². The quantitative estimate of drug-likeness (QED) is 0.812. The van der Waals surface area contributed by atoms with Crippen molar-refractivity contribution in [2.45, 2.75) is 6.42 Å². The number of aliphatic imine (C=N–C) groups is 1. The van der Waals surface area contributed by atoms with Crippen molar-refractivity contribution in [3.63, 3.8) is 0 Å². The van der Waals surface area contributed by atoms with E-state index in [0.29, 0.717) is 6.02 Å². The zero-order valence-corrected chi connectivity index (χ0v) is 9.68. The fourth-order valence-corrected chi connectivity index (χ4v) is 1.94. The van der Waals surface area contributed by atoms with Crippen LogP contribution in [0.25, 0.3) is 10.9 Å². The van der Waals surface area contributed by atoms with Crippen molar-refractivity contribution in [1.82, 2.24) is 9.78 Å². The van der Waals surface area contributed by atoms with E-state index in [0.717, 1.165) is 36.2 Å². The molecule has 0 bridgehead atoms. The molecule has 1 aromatic heterocycles. The third kappa shape index (κ3) is 1.84. The summed E-state index contributed by atoms with van der Waals surface area (Å²) in [4.78, 5) is 4.29. The maximum absolute atomic E-state index is 5.45. The molecule has 2 heterocycles. The first-order chi connectivity index (χ1) is 8.34. The second kappa shape index (κ2) is 4.08. The summed E-state index contributed by atoms with van der Waals surface area (Å²) in [7, 11) is 1.93. The van der Waals surface area contributed by atoms with Crippen LogP contribution in [0.4, 0.5) is 5.69 Å². The van der Waals surface area contributed by atoms with E-state index in [4.69, 9.17) is 4.74 Å². The molecule has 0 fully saturated rings. The Morgan fingerprint density at radius 2 is 2.35 bits per heavy atom. The van der Waals surface area contributed by atoms with E-state index in [9.17, 15) is 0 Å². The van der Waals surface area contributed by atoms with Crippen LogP contribution in [-0.2, 0) is 11.8 Å². The van der Waals surface area contributed by atoms with Gasteiger partial charge in [0, 0.05) is 25.4 Å². The minimum atomic E-state index is 0.604. The average molecular weight is 230 g/mol. The Labute approximate surface area is 99.1 Å². The molecule has 1 N–H and O–H groups in total. The van der Waals surface area contributed by atoms with Gasteiger partial charge in [-0.25, -0.2) is 4.99 Å². The molecule has 0 radical (unpaired) electrons. The van der Waals surface area contributed by atoms with Gasteiger partial charge in [-0.1, -0.05) is 6.07 Å². The standard InChI is InChI=1S/C12H14N4O/c1-16-11-5-2-4-10(9(11)8-14-16)15-12-13-6-3-7-17-12/h2,4-5,8H,3,6-7H2,1H3,(H,13,15). The SMILES string of the molecule is Cn1ncc2c(NC3=NCCCO3)cccc21. The number of nitrogens with zero attached hydrogens (tertiary/aromatic N) is 3. The first kappa shape index (κ1) is 10.1. The molecule has 0 spiro atoms. The van der Waals surface area contributed by atoms with Gasteiger partial charge < -0.3 is 10.1 Å². The first-order valence-corrected chi connectivity index (χ1v) is 5.69. The summed E-state index contributed by atoms with van der Waals surface area (Å²) in [6, 6.07) is 6.64. The van der Waals surface area contributed by atoms with E-state index in [1.807, 2.05) is 36.1 Å². The van der Waals surface area contributed by atoms with E-state index >= 15 is 0 Å². The van der Waals surface area contributed by atoms with Gasteiger partial charge in [0.15, 0.2) is 0 Å². The predicted molar refractivity (Wildman–Crippen MR) is 67.2 cm³/mol. The smallest absolute Gasteiger partial charge is 0.289 e. The van der Waals surface area contributed by atoms with Gasteiger partial charge in [-0.15, -0.1) is 0 Å². The van der Waals surface area contributed by atoms with Crippen molar-refractivity contribution < 1.29 is 4.74 Å². The molecule has 2 aromatic rings. The number of ether oxygens (including phenoxy) is 1. The lowest BCUT2D eigenvalue weighted by molar-refractivity contribution is 0.282. The maximum atomic E-state index is 5.45. The molecule has 88 valence electrons. The number of hydrogen-bond acceptors (Lipinski definition) is 4. The monoisotopic (exact) mass is 230 g/mol. The van der Waals surface area contributed by atoms with Gasteiger partial charge in [0.2, 0.25) is 0 Å². The molecule has 0 unspecified atom stereocenters. The van der Waals surface area contributed by atoms with E-state index < -0.39 is 0 Å². The van der Waals surface area contributed by atoms with Crippen LogP contribution >= 0.6 is 0 Å².